The number of nitrogens with zero attached hydrogens (tertiary/aromatic N) is 2. The summed E-state index contributed by atoms with van der Waals surface area (Å²) in [6.07, 6.45) is 1.75. The van der Waals surface area contributed by atoms with Gasteiger partial charge in [0.15, 0.2) is 0 Å². The van der Waals surface area contributed by atoms with E-state index in [0.29, 0.717) is 43.4 Å². The third kappa shape index (κ3) is 5.78. The van der Waals surface area contributed by atoms with Crippen molar-refractivity contribution in [3.8, 4) is 11.5 Å². The molecule has 3 rings (SSSR count). The minimum atomic E-state index is -0.707. The molecule has 2 aromatic rings. The molecule has 0 saturated carbocycles. The number of ether oxygens (including phenoxy) is 2. The summed E-state index contributed by atoms with van der Waals surface area (Å²) in [4.78, 5) is 29.7. The fraction of sp³-hybridized carbons (Fsp3) is 0.407. The van der Waals surface area contributed by atoms with Crippen molar-refractivity contribution in [2.75, 3.05) is 40.4 Å². The van der Waals surface area contributed by atoms with Gasteiger partial charge in [0.1, 0.15) is 17.3 Å². The van der Waals surface area contributed by atoms with Gasteiger partial charge in [0.05, 0.1) is 24.8 Å². The predicted octanol–water partition coefficient (Wildman–Crippen LogP) is 4.25. The van der Waals surface area contributed by atoms with Crippen molar-refractivity contribution >= 4 is 17.4 Å². The van der Waals surface area contributed by atoms with Crippen molar-refractivity contribution in [2.24, 2.45) is 0 Å². The van der Waals surface area contributed by atoms with E-state index in [9.17, 15) is 14.7 Å². The first kappa shape index (κ1) is 25.3. The van der Waals surface area contributed by atoms with Gasteiger partial charge in [-0.25, -0.2) is 0 Å². The molecule has 0 aliphatic carbocycles. The maximum atomic E-state index is 13.1. The van der Waals surface area contributed by atoms with E-state index in [1.165, 1.54) is 4.90 Å². The SMILES string of the molecule is CCCOc1ccc(/C(O)=C2\C(=O)C(=O)N(CCN(C)C)C2c2cccc(OCCC)c2)cc1. The molecule has 1 atom stereocenters. The molecule has 0 spiro atoms. The summed E-state index contributed by atoms with van der Waals surface area (Å²) in [5.74, 6) is -0.154. The Morgan fingerprint density at radius 2 is 1.62 bits per heavy atom. The van der Waals surface area contributed by atoms with Crippen LogP contribution in [0.4, 0.5) is 0 Å². The Kier molecular flexibility index (Phi) is 8.71. The fourth-order valence-electron chi connectivity index (χ4n) is 3.84. The number of aliphatic hydroxyl groups is 1. The van der Waals surface area contributed by atoms with Crippen molar-refractivity contribution in [2.45, 2.75) is 32.7 Å². The molecule has 1 unspecified atom stereocenters. The zero-order valence-electron chi connectivity index (χ0n) is 20.4. The van der Waals surface area contributed by atoms with Gasteiger partial charge in [0.2, 0.25) is 0 Å². The Balaban J connectivity index is 2.05. The highest BCUT2D eigenvalue weighted by atomic mass is 16.5. The molecule has 1 saturated heterocycles. The van der Waals surface area contributed by atoms with Crippen LogP contribution in [0.15, 0.2) is 54.1 Å². The van der Waals surface area contributed by atoms with Crippen molar-refractivity contribution in [1.82, 2.24) is 9.80 Å². The van der Waals surface area contributed by atoms with Gasteiger partial charge in [0, 0.05) is 18.7 Å². The predicted molar refractivity (Wildman–Crippen MR) is 132 cm³/mol. The quantitative estimate of drug-likeness (QED) is 0.303. The Labute approximate surface area is 201 Å². The number of benzene rings is 2. The fourth-order valence-corrected chi connectivity index (χ4v) is 3.84. The highest BCUT2D eigenvalue weighted by Gasteiger charge is 2.46. The van der Waals surface area contributed by atoms with Gasteiger partial charge in [-0.05, 0) is 68.9 Å². The van der Waals surface area contributed by atoms with Crippen LogP contribution in [0.3, 0.4) is 0 Å². The summed E-state index contributed by atoms with van der Waals surface area (Å²) < 4.78 is 11.4. The second-order valence-corrected chi connectivity index (χ2v) is 8.59. The molecule has 7 nitrogen and oxygen atoms in total. The Morgan fingerprint density at radius 3 is 2.24 bits per heavy atom. The molecule has 1 heterocycles. The molecule has 1 aliphatic rings. The lowest BCUT2D eigenvalue weighted by atomic mass is 9.95. The van der Waals surface area contributed by atoms with Gasteiger partial charge >= 0.3 is 0 Å². The number of rotatable bonds is 11. The molecule has 0 bridgehead atoms. The summed E-state index contributed by atoms with van der Waals surface area (Å²) in [6.45, 7) is 6.15. The zero-order valence-corrected chi connectivity index (χ0v) is 20.4. The third-order valence-corrected chi connectivity index (χ3v) is 5.58. The molecule has 1 amide bonds. The summed E-state index contributed by atoms with van der Waals surface area (Å²) in [6, 6.07) is 13.6. The Bertz CT molecular complexity index is 1030. The second-order valence-electron chi connectivity index (χ2n) is 8.59. The van der Waals surface area contributed by atoms with Crippen LogP contribution < -0.4 is 9.47 Å². The number of aliphatic hydroxyl groups excluding tert-OH is 1. The van der Waals surface area contributed by atoms with E-state index in [-0.39, 0.29) is 11.3 Å². The lowest BCUT2D eigenvalue weighted by Crippen LogP contribution is -2.35. The van der Waals surface area contributed by atoms with Crippen LogP contribution in [0.25, 0.3) is 5.76 Å². The lowest BCUT2D eigenvalue weighted by molar-refractivity contribution is -0.140. The number of hydrogen-bond acceptors (Lipinski definition) is 6. The molecule has 2 aromatic carbocycles. The molecular formula is C27H34N2O5. The van der Waals surface area contributed by atoms with Crippen LogP contribution in [0.5, 0.6) is 11.5 Å². The molecule has 0 radical (unpaired) electrons. The number of likely N-dealkylation sites (tertiary alicyclic amines) is 1. The van der Waals surface area contributed by atoms with E-state index in [2.05, 4.69) is 0 Å². The third-order valence-electron chi connectivity index (χ3n) is 5.58. The van der Waals surface area contributed by atoms with E-state index in [4.69, 9.17) is 9.47 Å². The van der Waals surface area contributed by atoms with Gasteiger partial charge in [-0.1, -0.05) is 26.0 Å². The number of carbonyl (C=O) groups is 2. The van der Waals surface area contributed by atoms with Gasteiger partial charge in [0.25, 0.3) is 11.7 Å². The van der Waals surface area contributed by atoms with Gasteiger partial charge in [-0.15, -0.1) is 0 Å². The monoisotopic (exact) mass is 466 g/mol. The maximum Gasteiger partial charge on any atom is 0.295 e. The van der Waals surface area contributed by atoms with Crippen molar-refractivity contribution in [3.05, 3.63) is 65.2 Å². The van der Waals surface area contributed by atoms with Crippen LogP contribution in [-0.2, 0) is 9.59 Å². The Morgan fingerprint density at radius 1 is 0.971 bits per heavy atom. The second kappa shape index (κ2) is 11.7. The van der Waals surface area contributed by atoms with E-state index in [1.807, 2.05) is 57.1 Å². The smallest absolute Gasteiger partial charge is 0.295 e. The molecular weight excluding hydrogens is 432 g/mol. The van der Waals surface area contributed by atoms with Crippen LogP contribution in [0.1, 0.15) is 43.9 Å². The van der Waals surface area contributed by atoms with Crippen molar-refractivity contribution < 1.29 is 24.2 Å². The lowest BCUT2D eigenvalue weighted by Gasteiger charge is -2.27. The van der Waals surface area contributed by atoms with E-state index >= 15 is 0 Å². The number of amides is 1. The zero-order chi connectivity index (χ0) is 24.7. The highest BCUT2D eigenvalue weighted by Crippen LogP contribution is 2.40. The summed E-state index contributed by atoms with van der Waals surface area (Å²) in [7, 11) is 3.82. The first-order valence-electron chi connectivity index (χ1n) is 11.8. The number of Topliss-reactive ketones (excluding diaryl/α,β-unsaturated/α-hetero) is 1. The van der Waals surface area contributed by atoms with Gasteiger partial charge in [-0.2, -0.15) is 0 Å². The maximum absolute atomic E-state index is 13.1. The van der Waals surface area contributed by atoms with Gasteiger partial charge < -0.3 is 24.4 Å². The summed E-state index contributed by atoms with van der Waals surface area (Å²) in [5, 5.41) is 11.2. The minimum Gasteiger partial charge on any atom is -0.507 e. The average molecular weight is 467 g/mol. The molecule has 7 heteroatoms. The molecule has 1 aliphatic heterocycles. The molecule has 34 heavy (non-hydrogen) atoms. The van der Waals surface area contributed by atoms with Crippen LogP contribution >= 0.6 is 0 Å². The molecule has 1 N–H and O–H groups in total. The average Bonchev–Trinajstić information content (AvgIpc) is 3.09. The largest absolute Gasteiger partial charge is 0.507 e. The Hall–Kier alpha value is -3.32. The van der Waals surface area contributed by atoms with Crippen LogP contribution in [0, 0.1) is 0 Å². The van der Waals surface area contributed by atoms with Gasteiger partial charge in [-0.3, -0.25) is 9.59 Å². The topological polar surface area (TPSA) is 79.3 Å². The van der Waals surface area contributed by atoms with Crippen LogP contribution in [0.2, 0.25) is 0 Å². The number of hydrogen-bond donors (Lipinski definition) is 1. The van der Waals surface area contributed by atoms with E-state index < -0.39 is 17.7 Å². The molecule has 182 valence electrons. The minimum absolute atomic E-state index is 0.0821. The summed E-state index contributed by atoms with van der Waals surface area (Å²) in [5.41, 5.74) is 1.26. The first-order valence-corrected chi connectivity index (χ1v) is 11.8. The number of likely N-dealkylation sites (N-methyl/N-ethyl adjacent to an activating group) is 1. The number of ketones is 1. The van der Waals surface area contributed by atoms with Crippen molar-refractivity contribution in [1.29, 1.82) is 0 Å². The van der Waals surface area contributed by atoms with E-state index in [0.717, 1.165) is 18.4 Å². The molecule has 1 fully saturated rings. The number of carbonyl (C=O) groups excluding carboxylic acids is 2. The standard InChI is InChI=1S/C27H34N2O5/c1-5-16-33-21-12-10-19(11-13-21)25(30)23-24(20-8-7-9-22(18-20)34-17-6-2)29(15-14-28(3)4)27(32)26(23)31/h7-13,18,24,30H,5-6,14-17H2,1-4H3/b25-23+. The summed E-state index contributed by atoms with van der Waals surface area (Å²) >= 11 is 0. The van der Waals surface area contributed by atoms with Crippen LogP contribution in [-0.4, -0.2) is 67.0 Å². The molecule has 0 aromatic heterocycles. The highest BCUT2D eigenvalue weighted by molar-refractivity contribution is 6.46. The van der Waals surface area contributed by atoms with E-state index in [1.54, 1.807) is 24.3 Å². The van der Waals surface area contributed by atoms with Crippen molar-refractivity contribution in [3.63, 3.8) is 0 Å². The first-order chi connectivity index (χ1) is 16.4. The normalized spacial score (nSPS) is 17.4.